The van der Waals surface area contributed by atoms with Gasteiger partial charge in [0, 0.05) is 13.1 Å². The first-order chi connectivity index (χ1) is 6.16. The van der Waals surface area contributed by atoms with Gasteiger partial charge in [-0.05, 0) is 19.8 Å². The lowest BCUT2D eigenvalue weighted by atomic mass is 10.4. The molecule has 3 N–H and O–H groups in total. The number of hydrogen-bond acceptors (Lipinski definition) is 3. The van der Waals surface area contributed by atoms with Crippen LogP contribution in [0, 0.1) is 0 Å². The monoisotopic (exact) mass is 184 g/mol. The van der Waals surface area contributed by atoms with Gasteiger partial charge in [-0.15, -0.1) is 0 Å². The molecule has 0 bridgehead atoms. The molecule has 0 aromatic carbocycles. The minimum absolute atomic E-state index is 0.193. The summed E-state index contributed by atoms with van der Waals surface area (Å²) in [5, 5.41) is 2.61. The molecule has 1 amide bonds. The van der Waals surface area contributed by atoms with Gasteiger partial charge < -0.3 is 15.8 Å². The molecule has 13 heavy (non-hydrogen) atoms. The van der Waals surface area contributed by atoms with Crippen molar-refractivity contribution in [2.75, 3.05) is 13.1 Å². The second kappa shape index (κ2) is 4.28. The van der Waals surface area contributed by atoms with E-state index < -0.39 is 0 Å². The number of nitrogens with two attached hydrogens (primary N) is 1. The molecule has 0 unspecified atom stereocenters. The first-order valence-electron chi connectivity index (χ1n) is 4.48. The van der Waals surface area contributed by atoms with E-state index >= 15 is 0 Å². The van der Waals surface area contributed by atoms with Crippen molar-refractivity contribution in [3.8, 4) is 0 Å². The topological polar surface area (TPSA) is 64.3 Å². The Kier molecular flexibility index (Phi) is 3.31. The van der Waals surface area contributed by atoms with Gasteiger partial charge in [0.05, 0.1) is 0 Å². The van der Waals surface area contributed by atoms with Crippen LogP contribution in [0.1, 0.15) is 19.8 Å². The van der Waals surface area contributed by atoms with Crippen LogP contribution in [0.25, 0.3) is 0 Å². The summed E-state index contributed by atoms with van der Waals surface area (Å²) in [6.45, 7) is 2.91. The number of hydrogen-bond donors (Lipinski definition) is 2. The lowest BCUT2D eigenvalue weighted by molar-refractivity contribution is 0.0943. The van der Waals surface area contributed by atoms with Crippen LogP contribution in [-0.2, 0) is 4.74 Å². The first kappa shape index (κ1) is 10.1. The molecule has 0 aliphatic heterocycles. The summed E-state index contributed by atoms with van der Waals surface area (Å²) in [5.74, 6) is 0. The zero-order valence-corrected chi connectivity index (χ0v) is 7.88. The van der Waals surface area contributed by atoms with E-state index in [9.17, 15) is 4.79 Å². The van der Waals surface area contributed by atoms with Crippen LogP contribution in [-0.4, -0.2) is 24.8 Å². The van der Waals surface area contributed by atoms with E-state index in [0.29, 0.717) is 13.1 Å². The molecular formula is C9H16N2O2. The average molecular weight is 184 g/mol. The molecule has 0 spiro atoms. The summed E-state index contributed by atoms with van der Waals surface area (Å²) in [6.07, 6.45) is 5.19. The zero-order chi connectivity index (χ0) is 9.73. The Morgan fingerprint density at radius 2 is 2.31 bits per heavy atom. The van der Waals surface area contributed by atoms with Gasteiger partial charge in [0.2, 0.25) is 0 Å². The highest BCUT2D eigenvalue weighted by Crippen LogP contribution is 2.38. The van der Waals surface area contributed by atoms with E-state index in [4.69, 9.17) is 10.5 Å². The second-order valence-electron chi connectivity index (χ2n) is 3.43. The van der Waals surface area contributed by atoms with Crippen molar-refractivity contribution in [3.63, 3.8) is 0 Å². The molecule has 1 rings (SSSR count). The number of carbonyl (C=O) groups is 1. The van der Waals surface area contributed by atoms with Crippen LogP contribution >= 0.6 is 0 Å². The van der Waals surface area contributed by atoms with Crippen molar-refractivity contribution in [2.24, 2.45) is 5.73 Å². The molecule has 0 aromatic rings. The SMILES string of the molecule is CC1(OC(=O)NC/C=C/CN)CC1. The molecule has 4 heteroatoms. The summed E-state index contributed by atoms with van der Waals surface area (Å²) in [4.78, 5) is 11.1. The van der Waals surface area contributed by atoms with Crippen molar-refractivity contribution in [3.05, 3.63) is 12.2 Å². The molecule has 0 radical (unpaired) electrons. The van der Waals surface area contributed by atoms with Crippen molar-refractivity contribution in [1.29, 1.82) is 0 Å². The summed E-state index contributed by atoms with van der Waals surface area (Å²) >= 11 is 0. The molecule has 0 saturated heterocycles. The third-order valence-electron chi connectivity index (χ3n) is 1.96. The summed E-state index contributed by atoms with van der Waals surface area (Å²) in [7, 11) is 0. The lowest BCUT2D eigenvalue weighted by Gasteiger charge is -2.10. The quantitative estimate of drug-likeness (QED) is 0.634. The van der Waals surface area contributed by atoms with E-state index in [1.54, 1.807) is 12.2 Å². The number of rotatable bonds is 4. The summed E-state index contributed by atoms with van der Waals surface area (Å²) in [6, 6.07) is 0. The molecule has 0 aromatic heterocycles. The molecule has 0 atom stereocenters. The number of alkyl carbamates (subject to hydrolysis) is 1. The first-order valence-corrected chi connectivity index (χ1v) is 4.48. The predicted molar refractivity (Wildman–Crippen MR) is 50.3 cm³/mol. The second-order valence-corrected chi connectivity index (χ2v) is 3.43. The van der Waals surface area contributed by atoms with Crippen molar-refractivity contribution < 1.29 is 9.53 Å². The van der Waals surface area contributed by atoms with Gasteiger partial charge in [-0.2, -0.15) is 0 Å². The highest BCUT2D eigenvalue weighted by molar-refractivity contribution is 5.68. The standard InChI is InChI=1S/C9H16N2O2/c1-9(4-5-9)13-8(12)11-7-3-2-6-10/h2-3H,4-7,10H2,1H3,(H,11,12)/b3-2+. The van der Waals surface area contributed by atoms with Gasteiger partial charge in [0.15, 0.2) is 0 Å². The van der Waals surface area contributed by atoms with Crippen molar-refractivity contribution >= 4 is 6.09 Å². The van der Waals surface area contributed by atoms with Crippen LogP contribution < -0.4 is 11.1 Å². The summed E-state index contributed by atoms with van der Waals surface area (Å²) in [5.41, 5.74) is 5.03. The maximum absolute atomic E-state index is 11.1. The van der Waals surface area contributed by atoms with Crippen LogP contribution in [0.2, 0.25) is 0 Å². The van der Waals surface area contributed by atoms with Gasteiger partial charge in [-0.1, -0.05) is 12.2 Å². The van der Waals surface area contributed by atoms with E-state index in [1.807, 2.05) is 6.92 Å². The normalized spacial score (nSPS) is 18.6. The minimum Gasteiger partial charge on any atom is -0.443 e. The van der Waals surface area contributed by atoms with E-state index in [2.05, 4.69) is 5.32 Å². The molecule has 1 fully saturated rings. The smallest absolute Gasteiger partial charge is 0.407 e. The Balaban J connectivity index is 2.07. The third-order valence-corrected chi connectivity index (χ3v) is 1.96. The number of ether oxygens (including phenoxy) is 1. The molecule has 1 aliphatic carbocycles. The van der Waals surface area contributed by atoms with E-state index in [1.165, 1.54) is 0 Å². The third kappa shape index (κ3) is 3.94. The van der Waals surface area contributed by atoms with E-state index in [-0.39, 0.29) is 11.7 Å². The largest absolute Gasteiger partial charge is 0.443 e. The van der Waals surface area contributed by atoms with Gasteiger partial charge in [-0.3, -0.25) is 0 Å². The molecule has 1 saturated carbocycles. The zero-order valence-electron chi connectivity index (χ0n) is 7.88. The lowest BCUT2D eigenvalue weighted by Crippen LogP contribution is -2.28. The van der Waals surface area contributed by atoms with Crippen molar-refractivity contribution in [2.45, 2.75) is 25.4 Å². The molecular weight excluding hydrogens is 168 g/mol. The Morgan fingerprint density at radius 1 is 1.62 bits per heavy atom. The van der Waals surface area contributed by atoms with Crippen LogP contribution in [0.3, 0.4) is 0 Å². The van der Waals surface area contributed by atoms with Gasteiger partial charge in [0.25, 0.3) is 0 Å². The summed E-state index contributed by atoms with van der Waals surface area (Å²) < 4.78 is 5.11. The minimum atomic E-state index is -0.346. The highest BCUT2D eigenvalue weighted by atomic mass is 16.6. The number of nitrogens with one attached hydrogen (secondary N) is 1. The maximum Gasteiger partial charge on any atom is 0.407 e. The Morgan fingerprint density at radius 3 is 2.85 bits per heavy atom. The van der Waals surface area contributed by atoms with Crippen LogP contribution in [0.5, 0.6) is 0 Å². The van der Waals surface area contributed by atoms with Crippen LogP contribution in [0.15, 0.2) is 12.2 Å². The van der Waals surface area contributed by atoms with Crippen LogP contribution in [0.4, 0.5) is 4.79 Å². The predicted octanol–water partition coefficient (Wildman–Crippen LogP) is 0.780. The Hall–Kier alpha value is -1.03. The maximum atomic E-state index is 11.1. The fourth-order valence-electron chi connectivity index (χ4n) is 0.860. The van der Waals surface area contributed by atoms with E-state index in [0.717, 1.165) is 12.8 Å². The number of amides is 1. The van der Waals surface area contributed by atoms with Gasteiger partial charge >= 0.3 is 6.09 Å². The van der Waals surface area contributed by atoms with Crippen molar-refractivity contribution in [1.82, 2.24) is 5.32 Å². The van der Waals surface area contributed by atoms with Gasteiger partial charge in [0.1, 0.15) is 5.60 Å². The fraction of sp³-hybridized carbons (Fsp3) is 0.667. The van der Waals surface area contributed by atoms with Gasteiger partial charge in [-0.25, -0.2) is 4.79 Å². The fourth-order valence-corrected chi connectivity index (χ4v) is 0.860. The average Bonchev–Trinajstić information content (AvgIpc) is 2.77. The number of carbonyl (C=O) groups excluding carboxylic acids is 1. The molecule has 1 aliphatic rings. The Bertz CT molecular complexity index is 210. The highest BCUT2D eigenvalue weighted by Gasteiger charge is 2.41. The molecule has 4 nitrogen and oxygen atoms in total. The molecule has 74 valence electrons. The Labute approximate surface area is 78.1 Å². The molecule has 0 heterocycles.